The van der Waals surface area contributed by atoms with Crippen molar-refractivity contribution in [1.82, 2.24) is 5.32 Å². The molecular weight excluding hydrogens is 476 g/mol. The van der Waals surface area contributed by atoms with Crippen molar-refractivity contribution in [2.75, 3.05) is 14.2 Å². The lowest BCUT2D eigenvalue weighted by Crippen LogP contribution is -2.29. The molecule has 2 aromatic carbocycles. The molecule has 0 spiro atoms. The standard InChI is InChI=1S/C26H35NO6.2Al/c1-15(13-28)32-21-9-7-19(11-23(21)30-5)25-17(3)18(4)26(27-25)20-8-10-22(24(12-20)31-6)33-16(2)14-29;;/h7-18,25-29H,1-6H3;;/t15-,16?,17?,18-,25?,26?;;/m1../s1. The fourth-order valence-electron chi connectivity index (χ4n) is 4.39. The van der Waals surface area contributed by atoms with Crippen molar-refractivity contribution in [1.29, 1.82) is 0 Å². The molecule has 3 N–H and O–H groups in total. The average molecular weight is 512 g/mol. The summed E-state index contributed by atoms with van der Waals surface area (Å²) >= 11 is 4.69. The summed E-state index contributed by atoms with van der Waals surface area (Å²) in [5.41, 5.74) is 2.23. The molecule has 4 radical (unpaired) electrons. The average Bonchev–Trinajstić information content (AvgIpc) is 3.13. The summed E-state index contributed by atoms with van der Waals surface area (Å²) < 4.78 is 22.9. The highest BCUT2D eigenvalue weighted by Gasteiger charge is 2.39. The van der Waals surface area contributed by atoms with Crippen LogP contribution in [0.1, 0.15) is 50.9 Å². The molecule has 35 heavy (non-hydrogen) atoms. The van der Waals surface area contributed by atoms with E-state index in [1.54, 1.807) is 14.2 Å². The van der Waals surface area contributed by atoms with Crippen molar-refractivity contribution in [3.8, 4) is 23.0 Å². The van der Waals surface area contributed by atoms with Crippen LogP contribution in [-0.4, -0.2) is 79.2 Å². The molecule has 1 saturated heterocycles. The number of rotatable bonds is 10. The third-order valence-corrected chi connectivity index (χ3v) is 8.01. The van der Waals surface area contributed by atoms with Crippen molar-refractivity contribution in [2.45, 2.75) is 61.9 Å². The zero-order valence-corrected chi connectivity index (χ0v) is 23.6. The molecule has 0 aromatic heterocycles. The van der Waals surface area contributed by atoms with E-state index in [9.17, 15) is 10.2 Å². The number of aliphatic hydroxyl groups excluding tert-OH is 2. The lowest BCUT2D eigenvalue weighted by atomic mass is 9.85. The Bertz CT molecular complexity index is 911. The second kappa shape index (κ2) is 12.2. The molecule has 1 aliphatic rings. The van der Waals surface area contributed by atoms with Crippen LogP contribution in [0.4, 0.5) is 0 Å². The van der Waals surface area contributed by atoms with Crippen LogP contribution in [0.2, 0.25) is 0 Å². The van der Waals surface area contributed by atoms with Gasteiger partial charge in [0.2, 0.25) is 0 Å². The summed E-state index contributed by atoms with van der Waals surface area (Å²) in [6, 6.07) is 12.2. The van der Waals surface area contributed by atoms with E-state index in [2.05, 4.69) is 63.9 Å². The normalized spacial score (nSPS) is 25.4. The molecule has 0 bridgehead atoms. The van der Waals surface area contributed by atoms with Gasteiger partial charge in [0, 0.05) is 22.0 Å². The lowest BCUT2D eigenvalue weighted by Gasteiger charge is -2.23. The Hall–Kier alpha value is -1.42. The van der Waals surface area contributed by atoms with E-state index in [0.717, 1.165) is 11.1 Å². The highest BCUT2D eigenvalue weighted by atomic mass is 27.1. The molecular formula is C26H35Al2NO6. The summed E-state index contributed by atoms with van der Waals surface area (Å²) in [5, 5.41) is 23.3. The fourth-order valence-corrected chi connectivity index (χ4v) is 4.55. The second-order valence-electron chi connectivity index (χ2n) is 9.29. The third kappa shape index (κ3) is 6.48. The Morgan fingerprint density at radius 2 is 1.09 bits per heavy atom. The van der Waals surface area contributed by atoms with Crippen LogP contribution in [0.15, 0.2) is 36.4 Å². The SMILES string of the molecule is COc1cc(C2NC(c3ccc(O[C@H](C)[C@H](O)[Al])c(OC)c3)C(C)[C@H]2C)ccc1OC(C)[CH](O)[Al]. The topological polar surface area (TPSA) is 89.4 Å². The number of benzene rings is 2. The maximum absolute atomic E-state index is 9.75. The number of hydrogen-bond acceptors (Lipinski definition) is 7. The van der Waals surface area contributed by atoms with E-state index >= 15 is 0 Å². The molecule has 2 aromatic rings. The van der Waals surface area contributed by atoms with Gasteiger partial charge in [0.15, 0.2) is 55.6 Å². The number of methoxy groups -OCH3 is 2. The first-order valence-corrected chi connectivity index (χ1v) is 13.2. The Labute approximate surface area is 225 Å². The number of aliphatic hydroxyl groups is 2. The van der Waals surface area contributed by atoms with Crippen LogP contribution in [0.25, 0.3) is 0 Å². The molecule has 1 fully saturated rings. The van der Waals surface area contributed by atoms with E-state index in [0.29, 0.717) is 34.8 Å². The van der Waals surface area contributed by atoms with Crippen LogP contribution >= 0.6 is 0 Å². The van der Waals surface area contributed by atoms with Gasteiger partial charge in [-0.3, -0.25) is 0 Å². The van der Waals surface area contributed by atoms with E-state index in [1.807, 2.05) is 38.1 Å². The predicted molar refractivity (Wildman–Crippen MR) is 137 cm³/mol. The number of ether oxygens (including phenoxy) is 4. The maximum atomic E-state index is 9.75. The Morgan fingerprint density at radius 3 is 1.40 bits per heavy atom. The van der Waals surface area contributed by atoms with Crippen LogP contribution in [0, 0.1) is 11.8 Å². The zero-order chi connectivity index (χ0) is 25.9. The molecule has 7 nitrogen and oxygen atoms in total. The Balaban J connectivity index is 1.83. The molecule has 8 atom stereocenters. The van der Waals surface area contributed by atoms with Crippen molar-refractivity contribution in [3.63, 3.8) is 0 Å². The van der Waals surface area contributed by atoms with Crippen molar-refractivity contribution in [3.05, 3.63) is 47.5 Å². The zero-order valence-electron chi connectivity index (χ0n) is 21.3. The second-order valence-corrected chi connectivity index (χ2v) is 10.7. The van der Waals surface area contributed by atoms with Gasteiger partial charge in [-0.25, -0.2) is 0 Å². The van der Waals surface area contributed by atoms with Gasteiger partial charge in [0.05, 0.1) is 14.2 Å². The molecule has 1 heterocycles. The van der Waals surface area contributed by atoms with Crippen molar-refractivity contribution >= 4 is 32.6 Å². The molecule has 1 aliphatic heterocycles. The molecule has 0 amide bonds. The first-order chi connectivity index (χ1) is 16.6. The van der Waals surface area contributed by atoms with Gasteiger partial charge in [-0.05, 0) is 61.1 Å². The minimum atomic E-state index is -0.666. The molecule has 0 aliphatic carbocycles. The predicted octanol–water partition coefficient (Wildman–Crippen LogP) is 2.87. The summed E-state index contributed by atoms with van der Waals surface area (Å²) in [4.78, 5) is -1.33. The lowest BCUT2D eigenvalue weighted by molar-refractivity contribution is 0.0980. The van der Waals surface area contributed by atoms with Gasteiger partial charge < -0.3 is 34.5 Å². The summed E-state index contributed by atoms with van der Waals surface area (Å²) in [6.07, 6.45) is -0.756. The first kappa shape index (κ1) is 28.2. The molecule has 9 heteroatoms. The third-order valence-electron chi connectivity index (χ3n) is 6.92. The van der Waals surface area contributed by atoms with Crippen LogP contribution in [0.3, 0.4) is 0 Å². The minimum Gasteiger partial charge on any atom is -0.493 e. The largest absolute Gasteiger partial charge is 0.493 e. The first-order valence-electron chi connectivity index (χ1n) is 11.9. The van der Waals surface area contributed by atoms with Gasteiger partial charge in [0.25, 0.3) is 0 Å². The molecule has 3 rings (SSSR count). The van der Waals surface area contributed by atoms with Gasteiger partial charge in [-0.15, -0.1) is 0 Å². The van der Waals surface area contributed by atoms with E-state index in [-0.39, 0.29) is 24.3 Å². The minimum absolute atomic E-state index is 0.122. The highest BCUT2D eigenvalue weighted by Crippen LogP contribution is 2.46. The summed E-state index contributed by atoms with van der Waals surface area (Å²) in [7, 11) is 3.25. The molecule has 186 valence electrons. The highest BCUT2D eigenvalue weighted by molar-refractivity contribution is 6.11. The van der Waals surface area contributed by atoms with E-state index in [4.69, 9.17) is 18.9 Å². The quantitative estimate of drug-likeness (QED) is 0.423. The van der Waals surface area contributed by atoms with Gasteiger partial charge in [-0.1, -0.05) is 26.0 Å². The van der Waals surface area contributed by atoms with E-state index < -0.39 is 9.93 Å². The Kier molecular flexibility index (Phi) is 9.83. The monoisotopic (exact) mass is 511 g/mol. The molecule has 5 unspecified atom stereocenters. The van der Waals surface area contributed by atoms with Gasteiger partial charge in [0.1, 0.15) is 12.2 Å². The van der Waals surface area contributed by atoms with Crippen LogP contribution < -0.4 is 24.3 Å². The number of nitrogens with one attached hydrogen (secondary N) is 1. The summed E-state index contributed by atoms with van der Waals surface area (Å²) in [6.45, 7) is 8.13. The summed E-state index contributed by atoms with van der Waals surface area (Å²) in [5.74, 6) is 3.20. The van der Waals surface area contributed by atoms with Crippen molar-refractivity contribution < 1.29 is 29.2 Å². The van der Waals surface area contributed by atoms with Crippen molar-refractivity contribution in [2.24, 2.45) is 11.8 Å². The maximum Gasteiger partial charge on any atom is 0.176 e. The van der Waals surface area contributed by atoms with Crippen LogP contribution in [0.5, 0.6) is 23.0 Å². The smallest absolute Gasteiger partial charge is 0.176 e. The van der Waals surface area contributed by atoms with Gasteiger partial charge >= 0.3 is 0 Å². The van der Waals surface area contributed by atoms with Crippen LogP contribution in [-0.2, 0) is 0 Å². The van der Waals surface area contributed by atoms with Gasteiger partial charge in [-0.2, -0.15) is 0 Å². The molecule has 0 saturated carbocycles. The Morgan fingerprint density at radius 1 is 0.714 bits per heavy atom. The van der Waals surface area contributed by atoms with E-state index in [1.165, 1.54) is 0 Å². The number of hydrogen-bond donors (Lipinski definition) is 3. The fraction of sp³-hybridized carbons (Fsp3) is 0.538.